The molecule has 1 saturated carbocycles. The smallest absolute Gasteiger partial charge is 0.191 e. The van der Waals surface area contributed by atoms with Crippen LogP contribution in [0.2, 0.25) is 0 Å². The number of thiazole rings is 1. The van der Waals surface area contributed by atoms with Gasteiger partial charge in [-0.05, 0) is 19.8 Å². The van der Waals surface area contributed by atoms with E-state index in [1.54, 1.807) is 23.1 Å². The van der Waals surface area contributed by atoms with Crippen LogP contribution >= 0.6 is 23.1 Å². The second-order valence-electron chi connectivity index (χ2n) is 5.66. The number of benzene rings is 1. The van der Waals surface area contributed by atoms with Crippen molar-refractivity contribution in [1.82, 2.24) is 19.7 Å². The third kappa shape index (κ3) is 3.19. The molecule has 2 aromatic heterocycles. The molecule has 4 rings (SSSR count). The van der Waals surface area contributed by atoms with Crippen molar-refractivity contribution in [2.24, 2.45) is 0 Å². The number of rotatable bonds is 6. The van der Waals surface area contributed by atoms with E-state index in [0.29, 0.717) is 5.92 Å². The summed E-state index contributed by atoms with van der Waals surface area (Å²) in [6, 6.07) is 10.3. The van der Waals surface area contributed by atoms with E-state index in [4.69, 9.17) is 4.98 Å². The van der Waals surface area contributed by atoms with Crippen molar-refractivity contribution in [2.45, 2.75) is 43.1 Å². The summed E-state index contributed by atoms with van der Waals surface area (Å²) in [5, 5.41) is 13.0. The maximum Gasteiger partial charge on any atom is 0.191 e. The van der Waals surface area contributed by atoms with Gasteiger partial charge in [-0.3, -0.25) is 0 Å². The topological polar surface area (TPSA) is 43.6 Å². The number of aromatic nitrogens is 4. The molecule has 0 bridgehead atoms. The minimum Gasteiger partial charge on any atom is -0.306 e. The largest absolute Gasteiger partial charge is 0.306 e. The van der Waals surface area contributed by atoms with Gasteiger partial charge in [0, 0.05) is 29.2 Å². The zero-order chi connectivity index (χ0) is 15.6. The van der Waals surface area contributed by atoms with Crippen LogP contribution in [0.15, 0.2) is 40.9 Å². The number of hydrogen-bond donors (Lipinski definition) is 0. The lowest BCUT2D eigenvalue weighted by Gasteiger charge is -2.05. The van der Waals surface area contributed by atoms with Crippen LogP contribution in [0.25, 0.3) is 10.6 Å². The van der Waals surface area contributed by atoms with Crippen LogP contribution in [-0.4, -0.2) is 19.7 Å². The fraction of sp³-hybridized carbons (Fsp3) is 0.353. The van der Waals surface area contributed by atoms with E-state index in [1.165, 1.54) is 24.2 Å². The van der Waals surface area contributed by atoms with Crippen LogP contribution in [0.1, 0.15) is 37.2 Å². The van der Waals surface area contributed by atoms with Gasteiger partial charge >= 0.3 is 0 Å². The molecular weight excluding hydrogens is 324 g/mol. The molecular formula is C17H18N4S2. The lowest BCUT2D eigenvalue weighted by molar-refractivity contribution is 0.643. The Kier molecular flexibility index (Phi) is 4.18. The summed E-state index contributed by atoms with van der Waals surface area (Å²) in [4.78, 5) is 4.75. The monoisotopic (exact) mass is 342 g/mol. The Morgan fingerprint density at radius 2 is 2.04 bits per heavy atom. The highest BCUT2D eigenvalue weighted by atomic mass is 32.2. The van der Waals surface area contributed by atoms with Gasteiger partial charge in [0.25, 0.3) is 0 Å². The van der Waals surface area contributed by atoms with E-state index in [0.717, 1.165) is 28.2 Å². The van der Waals surface area contributed by atoms with E-state index in [2.05, 4.69) is 39.2 Å². The molecule has 1 aliphatic rings. The third-order valence-electron chi connectivity index (χ3n) is 3.93. The lowest BCUT2D eigenvalue weighted by Crippen LogP contribution is -2.02. The molecule has 118 valence electrons. The molecule has 1 fully saturated rings. The Hall–Kier alpha value is -1.66. The van der Waals surface area contributed by atoms with Gasteiger partial charge in [-0.1, -0.05) is 42.1 Å². The molecule has 0 aliphatic heterocycles. The van der Waals surface area contributed by atoms with Crippen LogP contribution in [-0.2, 0) is 12.3 Å². The average molecular weight is 342 g/mol. The van der Waals surface area contributed by atoms with E-state index in [1.807, 2.05) is 18.2 Å². The molecule has 3 aromatic rings. The first-order valence-electron chi connectivity index (χ1n) is 7.91. The van der Waals surface area contributed by atoms with Gasteiger partial charge in [-0.25, -0.2) is 4.98 Å². The molecule has 1 aliphatic carbocycles. The van der Waals surface area contributed by atoms with Gasteiger partial charge in [0.2, 0.25) is 0 Å². The summed E-state index contributed by atoms with van der Waals surface area (Å²) in [5.74, 6) is 2.64. The quantitative estimate of drug-likeness (QED) is 0.615. The minimum atomic E-state index is 0.640. The molecule has 0 saturated heterocycles. The van der Waals surface area contributed by atoms with Crippen LogP contribution < -0.4 is 0 Å². The first-order valence-corrected chi connectivity index (χ1v) is 9.77. The van der Waals surface area contributed by atoms with E-state index in [9.17, 15) is 0 Å². The zero-order valence-electron chi connectivity index (χ0n) is 13.0. The summed E-state index contributed by atoms with van der Waals surface area (Å²) >= 11 is 3.43. The highest BCUT2D eigenvalue weighted by Crippen LogP contribution is 2.40. The first-order chi connectivity index (χ1) is 11.3. The van der Waals surface area contributed by atoms with E-state index < -0.39 is 0 Å². The second kappa shape index (κ2) is 6.45. The van der Waals surface area contributed by atoms with Crippen LogP contribution in [0, 0.1) is 0 Å². The molecule has 0 amide bonds. The fourth-order valence-corrected chi connectivity index (χ4v) is 4.41. The summed E-state index contributed by atoms with van der Waals surface area (Å²) in [6.45, 7) is 3.10. The Labute approximate surface area is 144 Å². The Morgan fingerprint density at radius 1 is 1.22 bits per heavy atom. The SMILES string of the molecule is CCn1c(SCc2csc(-c3ccccc3)n2)nnc1C1CC1. The molecule has 0 atom stereocenters. The molecule has 23 heavy (non-hydrogen) atoms. The van der Waals surface area contributed by atoms with Crippen molar-refractivity contribution >= 4 is 23.1 Å². The lowest BCUT2D eigenvalue weighted by atomic mass is 10.2. The molecule has 0 N–H and O–H groups in total. The zero-order valence-corrected chi connectivity index (χ0v) is 14.6. The molecule has 0 unspecified atom stereocenters. The molecule has 4 nitrogen and oxygen atoms in total. The highest BCUT2D eigenvalue weighted by Gasteiger charge is 2.29. The summed E-state index contributed by atoms with van der Waals surface area (Å²) in [6.07, 6.45) is 2.52. The molecule has 1 aromatic carbocycles. The fourth-order valence-electron chi connectivity index (χ4n) is 2.57. The van der Waals surface area contributed by atoms with Gasteiger partial charge in [-0.2, -0.15) is 0 Å². The van der Waals surface area contributed by atoms with Crippen molar-refractivity contribution in [2.75, 3.05) is 0 Å². The second-order valence-corrected chi connectivity index (χ2v) is 7.46. The molecule has 2 heterocycles. The predicted octanol–water partition coefficient (Wildman–Crippen LogP) is 4.59. The van der Waals surface area contributed by atoms with Crippen molar-refractivity contribution in [1.29, 1.82) is 0 Å². The van der Waals surface area contributed by atoms with Crippen LogP contribution in [0.4, 0.5) is 0 Å². The van der Waals surface area contributed by atoms with Crippen LogP contribution in [0.5, 0.6) is 0 Å². The number of thioether (sulfide) groups is 1. The predicted molar refractivity (Wildman–Crippen MR) is 94.8 cm³/mol. The Bertz CT molecular complexity index is 790. The minimum absolute atomic E-state index is 0.640. The molecule has 0 spiro atoms. The van der Waals surface area contributed by atoms with Gasteiger partial charge < -0.3 is 4.57 Å². The van der Waals surface area contributed by atoms with Crippen LogP contribution in [0.3, 0.4) is 0 Å². The Morgan fingerprint density at radius 3 is 2.78 bits per heavy atom. The van der Waals surface area contributed by atoms with Gasteiger partial charge in [0.05, 0.1) is 5.69 Å². The van der Waals surface area contributed by atoms with Crippen molar-refractivity contribution in [3.8, 4) is 10.6 Å². The van der Waals surface area contributed by atoms with Gasteiger partial charge in [0.1, 0.15) is 10.8 Å². The van der Waals surface area contributed by atoms with Crippen molar-refractivity contribution < 1.29 is 0 Å². The van der Waals surface area contributed by atoms with Gasteiger partial charge in [-0.15, -0.1) is 21.5 Å². The van der Waals surface area contributed by atoms with E-state index in [-0.39, 0.29) is 0 Å². The summed E-state index contributed by atoms with van der Waals surface area (Å²) in [5.41, 5.74) is 2.29. The first kappa shape index (κ1) is 14.9. The average Bonchev–Trinajstić information content (AvgIpc) is 3.19. The highest BCUT2D eigenvalue weighted by molar-refractivity contribution is 7.98. The van der Waals surface area contributed by atoms with Gasteiger partial charge in [0.15, 0.2) is 5.16 Å². The summed E-state index contributed by atoms with van der Waals surface area (Å²) < 4.78 is 2.26. The normalized spacial score (nSPS) is 14.3. The maximum atomic E-state index is 4.75. The third-order valence-corrected chi connectivity index (χ3v) is 5.87. The molecule has 0 radical (unpaired) electrons. The maximum absolute atomic E-state index is 4.75. The number of nitrogens with zero attached hydrogens (tertiary/aromatic N) is 4. The standard InChI is InChI=1S/C17H18N4S2/c1-2-21-15(12-8-9-12)19-20-17(21)23-11-14-10-22-16(18-14)13-6-4-3-5-7-13/h3-7,10,12H,2,8-9,11H2,1H3. The Balaban J connectivity index is 1.46. The molecule has 6 heteroatoms. The summed E-state index contributed by atoms with van der Waals surface area (Å²) in [7, 11) is 0. The van der Waals surface area contributed by atoms with E-state index >= 15 is 0 Å². The van der Waals surface area contributed by atoms with Crippen molar-refractivity contribution in [3.63, 3.8) is 0 Å². The number of hydrogen-bond acceptors (Lipinski definition) is 5. The van der Waals surface area contributed by atoms with Crippen molar-refractivity contribution in [3.05, 3.63) is 47.2 Å².